The zero-order chi connectivity index (χ0) is 12.2. The highest BCUT2D eigenvalue weighted by Crippen LogP contribution is 2.04. The lowest BCUT2D eigenvalue weighted by atomic mass is 10.3. The number of rotatable bonds is 5. The Morgan fingerprint density at radius 1 is 1.50 bits per heavy atom. The molecule has 0 amide bonds. The van der Waals surface area contributed by atoms with Gasteiger partial charge in [0.1, 0.15) is 5.69 Å². The molecule has 2 N–H and O–H groups in total. The van der Waals surface area contributed by atoms with E-state index in [9.17, 15) is 13.2 Å². The summed E-state index contributed by atoms with van der Waals surface area (Å²) in [4.78, 5) is 13.9. The fourth-order valence-corrected chi connectivity index (χ4v) is 2.18. The molecule has 0 unspecified atom stereocenters. The van der Waals surface area contributed by atoms with Crippen molar-refractivity contribution in [2.24, 2.45) is 0 Å². The van der Waals surface area contributed by atoms with E-state index in [0.717, 1.165) is 0 Å². The van der Waals surface area contributed by atoms with E-state index >= 15 is 0 Å². The average molecular weight is 242 g/mol. The minimum absolute atomic E-state index is 0.0367. The van der Waals surface area contributed by atoms with Gasteiger partial charge in [0.25, 0.3) is 5.56 Å². The zero-order valence-electron chi connectivity index (χ0n) is 8.99. The van der Waals surface area contributed by atoms with Gasteiger partial charge >= 0.3 is 0 Å². The number of allylic oxidation sites excluding steroid dienone is 1. The van der Waals surface area contributed by atoms with Crippen molar-refractivity contribution < 1.29 is 8.42 Å². The number of hydrogen-bond donors (Lipinski definition) is 2. The first kappa shape index (κ1) is 12.5. The van der Waals surface area contributed by atoms with Crippen LogP contribution >= 0.6 is 0 Å². The van der Waals surface area contributed by atoms with Crippen molar-refractivity contribution in [2.75, 3.05) is 10.5 Å². The third-order valence-corrected chi connectivity index (χ3v) is 3.22. The van der Waals surface area contributed by atoms with E-state index in [-0.39, 0.29) is 11.4 Å². The van der Waals surface area contributed by atoms with E-state index in [1.807, 2.05) is 0 Å². The maximum Gasteiger partial charge on any atom is 0.272 e. The van der Waals surface area contributed by atoms with Crippen LogP contribution in [0.4, 0.5) is 5.69 Å². The molecule has 0 aliphatic rings. The second-order valence-corrected chi connectivity index (χ2v) is 5.22. The van der Waals surface area contributed by atoms with Crippen LogP contribution < -0.4 is 10.3 Å². The Labute approximate surface area is 94.3 Å². The summed E-state index contributed by atoms with van der Waals surface area (Å²) in [6.45, 7) is 5.16. The molecule has 0 fully saturated rings. The fourth-order valence-electron chi connectivity index (χ4n) is 1.11. The van der Waals surface area contributed by atoms with Crippen molar-refractivity contribution in [3.05, 3.63) is 40.8 Å². The van der Waals surface area contributed by atoms with E-state index in [4.69, 9.17) is 0 Å². The molecule has 0 spiro atoms. The molecule has 0 atom stereocenters. The van der Waals surface area contributed by atoms with Crippen molar-refractivity contribution in [2.45, 2.75) is 13.3 Å². The second kappa shape index (κ2) is 4.98. The summed E-state index contributed by atoms with van der Waals surface area (Å²) < 4.78 is 25.2. The number of nitrogens with one attached hydrogen (secondary N) is 2. The molecule has 0 saturated carbocycles. The maximum atomic E-state index is 11.5. The number of aryl methyl sites for hydroxylation is 1. The molecule has 1 aromatic rings. The van der Waals surface area contributed by atoms with Crippen LogP contribution in [0.15, 0.2) is 29.6 Å². The van der Waals surface area contributed by atoms with Gasteiger partial charge in [-0.15, -0.1) is 6.58 Å². The SMILES string of the molecule is C=CCCS(=O)(=O)Nc1ccc(C)[nH]c1=O. The molecule has 5 nitrogen and oxygen atoms in total. The summed E-state index contributed by atoms with van der Waals surface area (Å²) in [6.07, 6.45) is 1.86. The molecule has 0 aliphatic heterocycles. The third-order valence-electron chi connectivity index (χ3n) is 1.91. The van der Waals surface area contributed by atoms with E-state index in [1.54, 1.807) is 13.0 Å². The molecule has 0 bridgehead atoms. The summed E-state index contributed by atoms with van der Waals surface area (Å²) >= 11 is 0. The standard InChI is InChI=1S/C10H14N2O3S/c1-3-4-7-16(14,15)12-9-6-5-8(2)11-10(9)13/h3,5-6,12H,1,4,7H2,2H3,(H,11,13). The molecule has 1 rings (SSSR count). The van der Waals surface area contributed by atoms with Crippen LogP contribution in [0.1, 0.15) is 12.1 Å². The highest BCUT2D eigenvalue weighted by atomic mass is 32.2. The number of aromatic amines is 1. The van der Waals surface area contributed by atoms with Crippen molar-refractivity contribution in [3.8, 4) is 0 Å². The normalized spacial score (nSPS) is 11.1. The van der Waals surface area contributed by atoms with Gasteiger partial charge in [0.2, 0.25) is 10.0 Å². The summed E-state index contributed by atoms with van der Waals surface area (Å²) in [5.74, 6) is -0.0795. The first-order valence-electron chi connectivity index (χ1n) is 4.76. The summed E-state index contributed by atoms with van der Waals surface area (Å²) in [6, 6.07) is 3.08. The Morgan fingerprint density at radius 3 is 2.75 bits per heavy atom. The quantitative estimate of drug-likeness (QED) is 0.756. The third kappa shape index (κ3) is 3.54. The molecule has 6 heteroatoms. The summed E-state index contributed by atoms with van der Waals surface area (Å²) in [7, 11) is -3.47. The van der Waals surface area contributed by atoms with Gasteiger partial charge in [0.05, 0.1) is 5.75 Å². The Morgan fingerprint density at radius 2 is 2.19 bits per heavy atom. The maximum absolute atomic E-state index is 11.5. The summed E-state index contributed by atoms with van der Waals surface area (Å²) in [5.41, 5.74) is 0.274. The van der Waals surface area contributed by atoms with E-state index in [2.05, 4.69) is 16.3 Å². The topological polar surface area (TPSA) is 79.0 Å². The lowest BCUT2D eigenvalue weighted by Gasteiger charge is -2.06. The molecule has 1 aromatic heterocycles. The van der Waals surface area contributed by atoms with Gasteiger partial charge in [-0.3, -0.25) is 9.52 Å². The Kier molecular flexibility index (Phi) is 3.89. The van der Waals surface area contributed by atoms with Gasteiger partial charge < -0.3 is 4.98 Å². The highest BCUT2D eigenvalue weighted by molar-refractivity contribution is 7.92. The smallest absolute Gasteiger partial charge is 0.272 e. The molecular formula is C10H14N2O3S. The molecule has 0 aromatic carbocycles. The first-order valence-corrected chi connectivity index (χ1v) is 6.41. The number of aromatic nitrogens is 1. The zero-order valence-corrected chi connectivity index (χ0v) is 9.80. The molecule has 16 heavy (non-hydrogen) atoms. The number of sulfonamides is 1. The molecule has 0 aliphatic carbocycles. The van der Waals surface area contributed by atoms with Crippen molar-refractivity contribution in [3.63, 3.8) is 0 Å². The molecule has 0 radical (unpaired) electrons. The fraction of sp³-hybridized carbons (Fsp3) is 0.300. The second-order valence-electron chi connectivity index (χ2n) is 3.38. The Hall–Kier alpha value is -1.56. The van der Waals surface area contributed by atoms with Gasteiger partial charge in [0.15, 0.2) is 0 Å². The minimum Gasteiger partial charge on any atom is -0.325 e. The van der Waals surface area contributed by atoms with Crippen LogP contribution in [0.2, 0.25) is 0 Å². The van der Waals surface area contributed by atoms with Gasteiger partial charge in [-0.05, 0) is 25.5 Å². The molecule has 88 valence electrons. The van der Waals surface area contributed by atoms with Crippen LogP contribution in [0.3, 0.4) is 0 Å². The van der Waals surface area contributed by atoms with E-state index in [1.165, 1.54) is 12.1 Å². The lowest BCUT2D eigenvalue weighted by Crippen LogP contribution is -2.22. The van der Waals surface area contributed by atoms with Crippen LogP contribution in [0.25, 0.3) is 0 Å². The molecule has 1 heterocycles. The average Bonchev–Trinajstić information content (AvgIpc) is 2.19. The van der Waals surface area contributed by atoms with Crippen LogP contribution in [0.5, 0.6) is 0 Å². The van der Waals surface area contributed by atoms with Crippen molar-refractivity contribution in [1.29, 1.82) is 0 Å². The predicted octanol–water partition coefficient (Wildman–Crippen LogP) is 1.00. The first-order chi connectivity index (χ1) is 7.44. The molecule has 0 saturated heterocycles. The van der Waals surface area contributed by atoms with Crippen LogP contribution in [-0.2, 0) is 10.0 Å². The number of anilines is 1. The van der Waals surface area contributed by atoms with Gasteiger partial charge in [-0.25, -0.2) is 8.42 Å². The Bertz CT molecular complexity index is 531. The number of hydrogen-bond acceptors (Lipinski definition) is 3. The largest absolute Gasteiger partial charge is 0.325 e. The number of H-pyrrole nitrogens is 1. The lowest BCUT2D eigenvalue weighted by molar-refractivity contribution is 0.601. The predicted molar refractivity (Wildman–Crippen MR) is 64.0 cm³/mol. The van der Waals surface area contributed by atoms with E-state index < -0.39 is 15.6 Å². The van der Waals surface area contributed by atoms with Crippen molar-refractivity contribution in [1.82, 2.24) is 4.98 Å². The minimum atomic E-state index is -3.47. The number of pyridine rings is 1. The van der Waals surface area contributed by atoms with Crippen LogP contribution in [-0.4, -0.2) is 19.2 Å². The monoisotopic (exact) mass is 242 g/mol. The van der Waals surface area contributed by atoms with Gasteiger partial charge in [0, 0.05) is 5.69 Å². The van der Waals surface area contributed by atoms with Crippen molar-refractivity contribution >= 4 is 15.7 Å². The van der Waals surface area contributed by atoms with E-state index in [0.29, 0.717) is 12.1 Å². The Balaban J connectivity index is 2.88. The van der Waals surface area contributed by atoms with Crippen LogP contribution in [0, 0.1) is 6.92 Å². The summed E-state index contributed by atoms with van der Waals surface area (Å²) in [5, 5.41) is 0. The van der Waals surface area contributed by atoms with Gasteiger partial charge in [-0.1, -0.05) is 6.08 Å². The van der Waals surface area contributed by atoms with Gasteiger partial charge in [-0.2, -0.15) is 0 Å². The highest BCUT2D eigenvalue weighted by Gasteiger charge is 2.11. The molecular weight excluding hydrogens is 228 g/mol.